The minimum absolute atomic E-state index is 0.0174. The number of rotatable bonds is 9. The molecule has 0 saturated carbocycles. The summed E-state index contributed by atoms with van der Waals surface area (Å²) in [5.41, 5.74) is 1.78. The number of benzene rings is 2. The van der Waals surface area contributed by atoms with Crippen LogP contribution in [-0.4, -0.2) is 75.7 Å². The Balaban J connectivity index is 1.14. The zero-order chi connectivity index (χ0) is 28.2. The molecule has 216 valence electrons. The molecule has 2 aromatic carbocycles. The van der Waals surface area contributed by atoms with E-state index < -0.39 is 9.84 Å². The van der Waals surface area contributed by atoms with Crippen LogP contribution in [0.1, 0.15) is 55.7 Å². The van der Waals surface area contributed by atoms with E-state index in [4.69, 9.17) is 4.74 Å². The number of piperidine rings is 1. The normalized spacial score (nSPS) is 21.0. The molecule has 8 nitrogen and oxygen atoms in total. The zero-order valence-corrected chi connectivity index (χ0v) is 24.2. The Labute approximate surface area is 238 Å². The van der Waals surface area contributed by atoms with Crippen molar-refractivity contribution in [3.8, 4) is 0 Å². The highest BCUT2D eigenvalue weighted by atomic mass is 32.2. The predicted octanol–water partition coefficient (Wildman–Crippen LogP) is 3.58. The second kappa shape index (κ2) is 12.4. The molecule has 0 radical (unpaired) electrons. The minimum Gasteiger partial charge on any atom is -0.381 e. The standard InChI is InChI=1S/C31H41N3O5S/c1-40(37,38)27-9-7-24(8-10-27)23-34-20-16-31(30(34)36)14-18-33(19-15-31)17-11-28(25-5-3-2-4-6-25)32-29(35)26-12-21-39-22-13-26/h2-10,26,28H,11-23H2,1H3,(H,32,35). The van der Waals surface area contributed by atoms with Crippen LogP contribution in [0.3, 0.4) is 0 Å². The number of hydrogen-bond acceptors (Lipinski definition) is 6. The Morgan fingerprint density at radius 3 is 2.30 bits per heavy atom. The van der Waals surface area contributed by atoms with E-state index in [9.17, 15) is 18.0 Å². The molecule has 3 aliphatic heterocycles. The molecule has 2 aromatic rings. The average molecular weight is 568 g/mol. The first-order valence-corrected chi connectivity index (χ1v) is 16.4. The lowest BCUT2D eigenvalue weighted by molar-refractivity contribution is -0.139. The van der Waals surface area contributed by atoms with Gasteiger partial charge in [0.25, 0.3) is 0 Å². The number of nitrogens with zero attached hydrogens (tertiary/aromatic N) is 2. The van der Waals surface area contributed by atoms with E-state index >= 15 is 0 Å². The summed E-state index contributed by atoms with van der Waals surface area (Å²) in [5.74, 6) is 0.367. The van der Waals surface area contributed by atoms with Gasteiger partial charge in [0.05, 0.1) is 16.4 Å². The Morgan fingerprint density at radius 2 is 1.65 bits per heavy atom. The van der Waals surface area contributed by atoms with Gasteiger partial charge in [0.2, 0.25) is 11.8 Å². The Kier molecular flexibility index (Phi) is 8.92. The van der Waals surface area contributed by atoms with Gasteiger partial charge in [-0.3, -0.25) is 9.59 Å². The maximum absolute atomic E-state index is 13.5. The van der Waals surface area contributed by atoms with Crippen LogP contribution in [0.25, 0.3) is 0 Å². The van der Waals surface area contributed by atoms with Crippen LogP contribution in [0.5, 0.6) is 0 Å². The van der Waals surface area contributed by atoms with E-state index in [1.807, 2.05) is 23.1 Å². The second-order valence-electron chi connectivity index (χ2n) is 11.7. The van der Waals surface area contributed by atoms with Crippen molar-refractivity contribution in [1.29, 1.82) is 0 Å². The summed E-state index contributed by atoms with van der Waals surface area (Å²) in [6.45, 7) is 5.16. The molecular formula is C31H41N3O5S. The van der Waals surface area contributed by atoms with E-state index in [-0.39, 0.29) is 29.2 Å². The summed E-state index contributed by atoms with van der Waals surface area (Å²) in [6, 6.07) is 17.0. The molecule has 1 spiro atoms. The van der Waals surface area contributed by atoms with E-state index in [2.05, 4.69) is 22.3 Å². The number of sulfone groups is 1. The van der Waals surface area contributed by atoms with Gasteiger partial charge in [-0.25, -0.2) is 8.42 Å². The summed E-state index contributed by atoms with van der Waals surface area (Å²) < 4.78 is 28.9. The van der Waals surface area contributed by atoms with Gasteiger partial charge < -0.3 is 19.9 Å². The number of amides is 2. The van der Waals surface area contributed by atoms with Crippen molar-refractivity contribution in [2.24, 2.45) is 11.3 Å². The largest absolute Gasteiger partial charge is 0.381 e. The van der Waals surface area contributed by atoms with Gasteiger partial charge in [-0.05, 0) is 74.9 Å². The highest BCUT2D eigenvalue weighted by Gasteiger charge is 2.47. The first-order chi connectivity index (χ1) is 19.2. The first kappa shape index (κ1) is 28.8. The third-order valence-corrected chi connectivity index (χ3v) is 10.1. The summed E-state index contributed by atoms with van der Waals surface area (Å²) >= 11 is 0. The molecule has 1 N–H and O–H groups in total. The summed E-state index contributed by atoms with van der Waals surface area (Å²) in [5, 5.41) is 3.32. The lowest BCUT2D eigenvalue weighted by Crippen LogP contribution is -2.45. The number of ether oxygens (including phenoxy) is 1. The summed E-state index contributed by atoms with van der Waals surface area (Å²) in [7, 11) is -3.23. The predicted molar refractivity (Wildman–Crippen MR) is 153 cm³/mol. The average Bonchev–Trinajstić information content (AvgIpc) is 3.26. The molecular weight excluding hydrogens is 526 g/mol. The number of likely N-dealkylation sites (tertiary alicyclic amines) is 2. The van der Waals surface area contributed by atoms with Crippen molar-refractivity contribution in [2.45, 2.75) is 56.0 Å². The van der Waals surface area contributed by atoms with Gasteiger partial charge in [0.1, 0.15) is 0 Å². The smallest absolute Gasteiger partial charge is 0.229 e. The van der Waals surface area contributed by atoms with Crippen LogP contribution in [0.2, 0.25) is 0 Å². The molecule has 1 unspecified atom stereocenters. The molecule has 40 heavy (non-hydrogen) atoms. The minimum atomic E-state index is -3.23. The molecule has 0 aliphatic carbocycles. The molecule has 3 saturated heterocycles. The molecule has 1 atom stereocenters. The van der Waals surface area contributed by atoms with Gasteiger partial charge in [-0.15, -0.1) is 0 Å². The second-order valence-corrected chi connectivity index (χ2v) is 13.7. The molecule has 0 bridgehead atoms. The molecule has 3 fully saturated rings. The molecule has 5 rings (SSSR count). The number of nitrogens with one attached hydrogen (secondary N) is 1. The van der Waals surface area contributed by atoms with Crippen LogP contribution < -0.4 is 5.32 Å². The van der Waals surface area contributed by atoms with Crippen LogP contribution in [0, 0.1) is 11.3 Å². The van der Waals surface area contributed by atoms with Crippen molar-refractivity contribution >= 4 is 21.7 Å². The van der Waals surface area contributed by atoms with Crippen molar-refractivity contribution in [2.75, 3.05) is 45.6 Å². The van der Waals surface area contributed by atoms with Crippen molar-refractivity contribution in [1.82, 2.24) is 15.1 Å². The SMILES string of the molecule is CS(=O)(=O)c1ccc(CN2CCC3(CCN(CCC(NC(=O)C4CCOCC4)c4ccccc4)CC3)C2=O)cc1. The highest BCUT2D eigenvalue weighted by Crippen LogP contribution is 2.42. The number of hydrogen-bond donors (Lipinski definition) is 1. The quantitative estimate of drug-likeness (QED) is 0.498. The Bertz CT molecular complexity index is 1270. The summed E-state index contributed by atoms with van der Waals surface area (Å²) in [4.78, 5) is 31.2. The van der Waals surface area contributed by atoms with Gasteiger partial charge in [0.15, 0.2) is 9.84 Å². The number of carbonyl (C=O) groups is 2. The maximum Gasteiger partial charge on any atom is 0.229 e. The lowest BCUT2D eigenvalue weighted by atomic mass is 9.77. The number of carbonyl (C=O) groups excluding carboxylic acids is 2. The molecule has 2 amide bonds. The third-order valence-electron chi connectivity index (χ3n) is 8.98. The fourth-order valence-electron chi connectivity index (χ4n) is 6.34. The van der Waals surface area contributed by atoms with Gasteiger partial charge >= 0.3 is 0 Å². The van der Waals surface area contributed by atoms with Gasteiger partial charge in [-0.2, -0.15) is 0 Å². The summed E-state index contributed by atoms with van der Waals surface area (Å²) in [6.07, 6.45) is 6.15. The molecule has 0 aromatic heterocycles. The van der Waals surface area contributed by atoms with E-state index in [1.54, 1.807) is 24.3 Å². The molecule has 3 aliphatic rings. The first-order valence-electron chi connectivity index (χ1n) is 14.5. The van der Waals surface area contributed by atoms with E-state index in [0.29, 0.717) is 24.7 Å². The zero-order valence-electron chi connectivity index (χ0n) is 23.4. The topological polar surface area (TPSA) is 96.0 Å². The van der Waals surface area contributed by atoms with Crippen molar-refractivity contribution in [3.63, 3.8) is 0 Å². The maximum atomic E-state index is 13.5. The Hall–Kier alpha value is -2.75. The van der Waals surface area contributed by atoms with Crippen LogP contribution in [0.4, 0.5) is 0 Å². The van der Waals surface area contributed by atoms with Crippen LogP contribution in [-0.2, 0) is 30.7 Å². The van der Waals surface area contributed by atoms with Crippen molar-refractivity contribution in [3.05, 3.63) is 65.7 Å². The molecule has 9 heteroatoms. The highest BCUT2D eigenvalue weighted by molar-refractivity contribution is 7.90. The monoisotopic (exact) mass is 567 g/mol. The van der Waals surface area contributed by atoms with Crippen LogP contribution in [0.15, 0.2) is 59.5 Å². The Morgan fingerprint density at radius 1 is 1.00 bits per heavy atom. The van der Waals surface area contributed by atoms with Gasteiger partial charge in [-0.1, -0.05) is 42.5 Å². The fourth-order valence-corrected chi connectivity index (χ4v) is 6.97. The van der Waals surface area contributed by atoms with Gasteiger partial charge in [0, 0.05) is 45.0 Å². The molecule has 3 heterocycles. The van der Waals surface area contributed by atoms with E-state index in [0.717, 1.165) is 75.8 Å². The fraction of sp³-hybridized carbons (Fsp3) is 0.548. The lowest BCUT2D eigenvalue weighted by Gasteiger charge is -2.38. The van der Waals surface area contributed by atoms with Crippen molar-refractivity contribution < 1.29 is 22.7 Å². The van der Waals surface area contributed by atoms with Crippen LogP contribution >= 0.6 is 0 Å². The van der Waals surface area contributed by atoms with E-state index in [1.165, 1.54) is 6.26 Å². The third kappa shape index (κ3) is 6.75.